The van der Waals surface area contributed by atoms with Crippen LogP contribution in [0, 0.1) is 0 Å². The molecule has 0 radical (unpaired) electrons. The van der Waals surface area contributed by atoms with Gasteiger partial charge in [-0.25, -0.2) is 0 Å². The van der Waals surface area contributed by atoms with E-state index < -0.39 is 11.5 Å². The van der Waals surface area contributed by atoms with E-state index in [1.807, 2.05) is 25.4 Å². The molecule has 0 aromatic carbocycles. The predicted molar refractivity (Wildman–Crippen MR) is 72.0 cm³/mol. The lowest BCUT2D eigenvalue weighted by atomic mass is 9.67. The van der Waals surface area contributed by atoms with Gasteiger partial charge in [0.1, 0.15) is 0 Å². The average Bonchev–Trinajstić information content (AvgIpc) is 2.39. The van der Waals surface area contributed by atoms with Crippen molar-refractivity contribution in [1.29, 1.82) is 0 Å². The number of aliphatic hydroxyl groups is 1. The second-order valence-corrected chi connectivity index (χ2v) is 4.96. The minimum atomic E-state index is -0.448. The van der Waals surface area contributed by atoms with Gasteiger partial charge in [0.25, 0.3) is 0 Å². The molecular formula is C13H18N2OS. The van der Waals surface area contributed by atoms with Crippen LogP contribution in [0.15, 0.2) is 24.5 Å². The van der Waals surface area contributed by atoms with Crippen LogP contribution < -0.4 is 5.32 Å². The number of hydrogen-bond acceptors (Lipinski definition) is 3. The average molecular weight is 250 g/mol. The van der Waals surface area contributed by atoms with Gasteiger partial charge in [0.15, 0.2) is 0 Å². The molecule has 0 amide bonds. The molecule has 2 atom stereocenters. The summed E-state index contributed by atoms with van der Waals surface area (Å²) in [4.78, 5) is 4.88. The molecule has 1 aromatic heterocycles. The van der Waals surface area contributed by atoms with Crippen molar-refractivity contribution >= 4 is 17.2 Å². The third-order valence-electron chi connectivity index (χ3n) is 3.68. The molecule has 2 unspecified atom stereocenters. The Balaban J connectivity index is 2.46. The normalized spacial score (nSPS) is 28.7. The van der Waals surface area contributed by atoms with E-state index in [4.69, 9.17) is 12.2 Å². The molecule has 1 heterocycles. The first-order valence-corrected chi connectivity index (χ1v) is 6.43. The van der Waals surface area contributed by atoms with E-state index in [2.05, 4.69) is 10.3 Å². The van der Waals surface area contributed by atoms with Crippen molar-refractivity contribution in [3.05, 3.63) is 30.1 Å². The molecule has 1 fully saturated rings. The Morgan fingerprint density at radius 3 is 3.00 bits per heavy atom. The maximum atomic E-state index is 10.4. The Labute approximate surface area is 107 Å². The summed E-state index contributed by atoms with van der Waals surface area (Å²) < 4.78 is 0. The highest BCUT2D eigenvalue weighted by Crippen LogP contribution is 2.40. The lowest BCUT2D eigenvalue weighted by Gasteiger charge is -2.42. The van der Waals surface area contributed by atoms with E-state index in [0.29, 0.717) is 0 Å². The van der Waals surface area contributed by atoms with E-state index >= 15 is 0 Å². The highest BCUT2D eigenvalue weighted by Gasteiger charge is 2.44. The molecule has 2 N–H and O–H groups in total. The minimum Gasteiger partial charge on any atom is -0.392 e. The molecule has 0 spiro atoms. The molecule has 1 aliphatic rings. The largest absolute Gasteiger partial charge is 0.392 e. The summed E-state index contributed by atoms with van der Waals surface area (Å²) in [6.45, 7) is 0. The summed E-state index contributed by atoms with van der Waals surface area (Å²) in [5.41, 5.74) is 0.572. The number of thiocarbonyl (C=S) groups is 1. The van der Waals surface area contributed by atoms with Gasteiger partial charge in [0, 0.05) is 19.4 Å². The molecule has 1 aromatic rings. The van der Waals surface area contributed by atoms with Crippen LogP contribution in [0.4, 0.5) is 0 Å². The molecule has 2 rings (SSSR count). The molecule has 1 saturated carbocycles. The molecule has 92 valence electrons. The van der Waals surface area contributed by atoms with Crippen LogP contribution >= 0.6 is 12.2 Å². The fourth-order valence-electron chi connectivity index (χ4n) is 2.74. The maximum Gasteiger partial charge on any atom is 0.0884 e. The van der Waals surface area contributed by atoms with Gasteiger partial charge in [-0.1, -0.05) is 31.1 Å². The Morgan fingerprint density at radius 1 is 1.59 bits per heavy atom. The van der Waals surface area contributed by atoms with Gasteiger partial charge in [-0.05, 0) is 24.5 Å². The summed E-state index contributed by atoms with van der Waals surface area (Å²) in [7, 11) is 1.82. The number of nitrogens with one attached hydrogen (secondary N) is 1. The Morgan fingerprint density at radius 2 is 2.41 bits per heavy atom. The van der Waals surface area contributed by atoms with Gasteiger partial charge in [-0.15, -0.1) is 0 Å². The van der Waals surface area contributed by atoms with E-state index in [-0.39, 0.29) is 0 Å². The standard InChI is InChI=1S/C13H18N2OS/c1-14-12(17)13(7-3-2-6-11(13)16)10-5-4-8-15-9-10/h4-5,8-9,11,16H,2-3,6-7H2,1H3,(H,14,17). The first-order valence-electron chi connectivity index (χ1n) is 6.02. The number of hydrogen-bond donors (Lipinski definition) is 2. The monoisotopic (exact) mass is 250 g/mol. The Bertz CT molecular complexity index is 396. The van der Waals surface area contributed by atoms with Crippen molar-refractivity contribution in [3.8, 4) is 0 Å². The van der Waals surface area contributed by atoms with E-state index in [1.165, 1.54) is 0 Å². The number of likely N-dealkylation sites (N-methyl/N-ethyl adjacent to an activating group) is 1. The van der Waals surface area contributed by atoms with Gasteiger partial charge >= 0.3 is 0 Å². The zero-order valence-corrected chi connectivity index (χ0v) is 10.8. The Hall–Kier alpha value is -1.00. The fourth-order valence-corrected chi connectivity index (χ4v) is 3.09. The molecular weight excluding hydrogens is 232 g/mol. The predicted octanol–water partition coefficient (Wildman–Crippen LogP) is 1.80. The van der Waals surface area contributed by atoms with Gasteiger partial charge < -0.3 is 10.4 Å². The highest BCUT2D eigenvalue weighted by atomic mass is 32.1. The summed E-state index contributed by atoms with van der Waals surface area (Å²) in [5, 5.41) is 13.5. The molecule has 4 heteroatoms. The molecule has 17 heavy (non-hydrogen) atoms. The van der Waals surface area contributed by atoms with Crippen molar-refractivity contribution in [2.75, 3.05) is 7.05 Å². The molecule has 3 nitrogen and oxygen atoms in total. The third-order valence-corrected chi connectivity index (χ3v) is 4.24. The highest BCUT2D eigenvalue weighted by molar-refractivity contribution is 7.80. The summed E-state index contributed by atoms with van der Waals surface area (Å²) in [5.74, 6) is 0. The lowest BCUT2D eigenvalue weighted by molar-refractivity contribution is 0.0776. The van der Waals surface area contributed by atoms with Crippen molar-refractivity contribution in [1.82, 2.24) is 10.3 Å². The zero-order valence-electron chi connectivity index (χ0n) is 10.0. The van der Waals surface area contributed by atoms with Crippen molar-refractivity contribution in [2.24, 2.45) is 0 Å². The summed E-state index contributed by atoms with van der Waals surface area (Å²) in [6, 6.07) is 3.90. The molecule has 0 bridgehead atoms. The van der Waals surface area contributed by atoms with Crippen LogP contribution in [-0.4, -0.2) is 28.2 Å². The summed E-state index contributed by atoms with van der Waals surface area (Å²) in [6.07, 6.45) is 6.99. The Kier molecular flexibility index (Phi) is 3.74. The van der Waals surface area contributed by atoms with Crippen LogP contribution in [0.1, 0.15) is 31.2 Å². The van der Waals surface area contributed by atoms with Crippen molar-refractivity contribution in [2.45, 2.75) is 37.2 Å². The number of rotatable bonds is 2. The molecule has 0 aliphatic heterocycles. The van der Waals surface area contributed by atoms with Gasteiger partial charge in [0.2, 0.25) is 0 Å². The van der Waals surface area contributed by atoms with Gasteiger partial charge in [0.05, 0.1) is 16.5 Å². The number of aromatic nitrogens is 1. The third kappa shape index (κ3) is 2.07. The number of aliphatic hydroxyl groups excluding tert-OH is 1. The maximum absolute atomic E-state index is 10.4. The van der Waals surface area contributed by atoms with Crippen LogP contribution in [0.2, 0.25) is 0 Å². The first kappa shape index (κ1) is 12.5. The first-order chi connectivity index (χ1) is 8.21. The summed E-state index contributed by atoms with van der Waals surface area (Å²) >= 11 is 5.45. The zero-order chi connectivity index (χ0) is 12.3. The van der Waals surface area contributed by atoms with E-state index in [1.54, 1.807) is 6.20 Å². The quantitative estimate of drug-likeness (QED) is 0.786. The SMILES string of the molecule is CNC(=S)C1(c2cccnc2)CCCCC1O. The lowest BCUT2D eigenvalue weighted by Crippen LogP contribution is -2.52. The fraction of sp³-hybridized carbons (Fsp3) is 0.538. The van der Waals surface area contributed by atoms with Crippen LogP contribution in [0.5, 0.6) is 0 Å². The second-order valence-electron chi connectivity index (χ2n) is 4.55. The van der Waals surface area contributed by atoms with E-state index in [0.717, 1.165) is 36.2 Å². The second kappa shape index (κ2) is 5.10. The smallest absolute Gasteiger partial charge is 0.0884 e. The van der Waals surface area contributed by atoms with Crippen LogP contribution in [-0.2, 0) is 5.41 Å². The van der Waals surface area contributed by atoms with Gasteiger partial charge in [-0.3, -0.25) is 4.98 Å². The topological polar surface area (TPSA) is 45.2 Å². The minimum absolute atomic E-state index is 0.416. The number of nitrogens with zero attached hydrogens (tertiary/aromatic N) is 1. The van der Waals surface area contributed by atoms with Crippen LogP contribution in [0.25, 0.3) is 0 Å². The molecule has 0 saturated heterocycles. The van der Waals surface area contributed by atoms with Crippen LogP contribution in [0.3, 0.4) is 0 Å². The number of pyridine rings is 1. The van der Waals surface area contributed by atoms with Crippen molar-refractivity contribution < 1.29 is 5.11 Å². The van der Waals surface area contributed by atoms with Crippen molar-refractivity contribution in [3.63, 3.8) is 0 Å². The molecule has 1 aliphatic carbocycles. The van der Waals surface area contributed by atoms with Gasteiger partial charge in [-0.2, -0.15) is 0 Å². The van der Waals surface area contributed by atoms with E-state index in [9.17, 15) is 5.11 Å².